The van der Waals surface area contributed by atoms with E-state index in [0.29, 0.717) is 0 Å². The molecule has 0 aliphatic carbocycles. The molecule has 0 fully saturated rings. The average Bonchev–Trinajstić information content (AvgIpc) is 2.32. The minimum Gasteiger partial charge on any atom is -0.354 e. The molecule has 1 aliphatic heterocycles. The van der Waals surface area contributed by atoms with Crippen molar-refractivity contribution in [2.75, 3.05) is 11.9 Å². The van der Waals surface area contributed by atoms with E-state index in [9.17, 15) is 0 Å². The molecule has 0 unspecified atom stereocenters. The van der Waals surface area contributed by atoms with Crippen LogP contribution in [0, 0.1) is 6.92 Å². The van der Waals surface area contributed by atoms with Gasteiger partial charge in [0.1, 0.15) is 5.82 Å². The Bertz CT molecular complexity index is 241. The first-order valence-electron chi connectivity index (χ1n) is 4.51. The third-order valence-electron chi connectivity index (χ3n) is 2.11. The van der Waals surface area contributed by atoms with Gasteiger partial charge in [0.25, 0.3) is 0 Å². The minimum atomic E-state index is 0.861. The Hall–Kier alpha value is -1.06. The maximum absolute atomic E-state index is 4.30. The van der Waals surface area contributed by atoms with E-state index in [-0.39, 0.29) is 0 Å². The molecule has 12 heavy (non-hydrogen) atoms. The zero-order valence-electron chi connectivity index (χ0n) is 7.38. The van der Waals surface area contributed by atoms with Crippen LogP contribution in [-0.4, -0.2) is 21.3 Å². The molecule has 0 aromatic carbocycles. The summed E-state index contributed by atoms with van der Waals surface area (Å²) in [6.07, 6.45) is 3.74. The lowest BCUT2D eigenvalue weighted by Gasteiger charge is -2.11. The van der Waals surface area contributed by atoms with E-state index in [2.05, 4.69) is 15.4 Å². The largest absolute Gasteiger partial charge is 0.354 e. The fraction of sp³-hybridized carbons (Fsp3) is 0.750. The van der Waals surface area contributed by atoms with Crippen LogP contribution in [0.3, 0.4) is 0 Å². The maximum Gasteiger partial charge on any atom is 0.221 e. The van der Waals surface area contributed by atoms with Gasteiger partial charge in [-0.2, -0.15) is 10.1 Å². The number of rotatable bonds is 0. The Balaban J connectivity index is 2.23. The average molecular weight is 166 g/mol. The molecule has 1 aromatic rings. The molecule has 4 nitrogen and oxygen atoms in total. The standard InChI is InChI=1S/C8H14N4/c1-7-10-8-9-5-3-2-4-6-12(8)11-7/h2-6H2,1H3,(H,9,10,11). The van der Waals surface area contributed by atoms with Crippen molar-refractivity contribution in [3.8, 4) is 0 Å². The molecule has 0 bridgehead atoms. The summed E-state index contributed by atoms with van der Waals surface area (Å²) in [5.41, 5.74) is 0. The summed E-state index contributed by atoms with van der Waals surface area (Å²) in [6.45, 7) is 3.96. The number of hydrogen-bond acceptors (Lipinski definition) is 3. The second kappa shape index (κ2) is 3.13. The van der Waals surface area contributed by atoms with E-state index in [1.165, 1.54) is 19.3 Å². The van der Waals surface area contributed by atoms with Crippen molar-refractivity contribution in [2.45, 2.75) is 32.7 Å². The molecule has 1 aliphatic rings. The lowest BCUT2D eigenvalue weighted by Crippen LogP contribution is -2.13. The van der Waals surface area contributed by atoms with Crippen LogP contribution in [-0.2, 0) is 6.54 Å². The van der Waals surface area contributed by atoms with Crippen molar-refractivity contribution in [2.24, 2.45) is 0 Å². The SMILES string of the molecule is Cc1nc2n(n1)CCCCCN2. The highest BCUT2D eigenvalue weighted by atomic mass is 15.4. The van der Waals surface area contributed by atoms with Gasteiger partial charge in [0.15, 0.2) is 0 Å². The first kappa shape index (κ1) is 7.58. The Morgan fingerprint density at radius 2 is 2.25 bits per heavy atom. The molecule has 0 amide bonds. The number of fused-ring (bicyclic) bond motifs is 1. The first-order valence-corrected chi connectivity index (χ1v) is 4.51. The van der Waals surface area contributed by atoms with E-state index >= 15 is 0 Å². The molecule has 0 saturated heterocycles. The summed E-state index contributed by atoms with van der Waals surface area (Å²) >= 11 is 0. The molecular weight excluding hydrogens is 152 g/mol. The number of anilines is 1. The van der Waals surface area contributed by atoms with Crippen molar-refractivity contribution in [3.63, 3.8) is 0 Å². The lowest BCUT2D eigenvalue weighted by atomic mass is 10.2. The highest BCUT2D eigenvalue weighted by Crippen LogP contribution is 2.10. The number of nitrogens with one attached hydrogen (secondary N) is 1. The highest BCUT2D eigenvalue weighted by molar-refractivity contribution is 5.24. The van der Waals surface area contributed by atoms with Gasteiger partial charge in [-0.15, -0.1) is 0 Å². The predicted octanol–water partition coefficient (Wildman–Crippen LogP) is 1.18. The first-order chi connectivity index (χ1) is 5.86. The third-order valence-corrected chi connectivity index (χ3v) is 2.11. The molecule has 2 heterocycles. The lowest BCUT2D eigenvalue weighted by molar-refractivity contribution is 0.534. The normalized spacial score (nSPS) is 17.4. The molecule has 1 N–H and O–H groups in total. The fourth-order valence-electron chi connectivity index (χ4n) is 1.51. The van der Waals surface area contributed by atoms with Crippen molar-refractivity contribution >= 4 is 5.95 Å². The second-order valence-corrected chi connectivity index (χ2v) is 3.19. The van der Waals surface area contributed by atoms with Crippen LogP contribution < -0.4 is 5.32 Å². The summed E-state index contributed by atoms with van der Waals surface area (Å²) in [6, 6.07) is 0. The van der Waals surface area contributed by atoms with Gasteiger partial charge in [0.2, 0.25) is 5.95 Å². The third kappa shape index (κ3) is 1.42. The number of hydrogen-bond donors (Lipinski definition) is 1. The van der Waals surface area contributed by atoms with Gasteiger partial charge in [-0.25, -0.2) is 4.68 Å². The van der Waals surface area contributed by atoms with E-state index in [1.54, 1.807) is 0 Å². The number of aryl methyl sites for hydroxylation is 2. The van der Waals surface area contributed by atoms with E-state index in [0.717, 1.165) is 24.9 Å². The Morgan fingerprint density at radius 1 is 1.33 bits per heavy atom. The summed E-state index contributed by atoms with van der Waals surface area (Å²) in [5.74, 6) is 1.80. The maximum atomic E-state index is 4.30. The molecule has 0 atom stereocenters. The van der Waals surface area contributed by atoms with Crippen LogP contribution in [0.25, 0.3) is 0 Å². The Kier molecular flexibility index (Phi) is 1.98. The summed E-state index contributed by atoms with van der Waals surface area (Å²) in [5, 5.41) is 7.57. The molecular formula is C8H14N4. The molecule has 0 saturated carbocycles. The van der Waals surface area contributed by atoms with E-state index < -0.39 is 0 Å². The van der Waals surface area contributed by atoms with Crippen LogP contribution in [0.2, 0.25) is 0 Å². The Morgan fingerprint density at radius 3 is 3.17 bits per heavy atom. The van der Waals surface area contributed by atoms with Crippen molar-refractivity contribution < 1.29 is 0 Å². The van der Waals surface area contributed by atoms with Crippen molar-refractivity contribution in [3.05, 3.63) is 5.82 Å². The zero-order valence-corrected chi connectivity index (χ0v) is 7.38. The smallest absolute Gasteiger partial charge is 0.221 e. The topological polar surface area (TPSA) is 42.7 Å². The number of aromatic nitrogens is 3. The van der Waals surface area contributed by atoms with Gasteiger partial charge in [-0.3, -0.25) is 0 Å². The molecule has 2 rings (SSSR count). The van der Waals surface area contributed by atoms with Crippen molar-refractivity contribution in [1.82, 2.24) is 14.8 Å². The van der Waals surface area contributed by atoms with Crippen LogP contribution in [0.5, 0.6) is 0 Å². The van der Waals surface area contributed by atoms with Gasteiger partial charge < -0.3 is 5.32 Å². The van der Waals surface area contributed by atoms with Crippen LogP contribution in [0.15, 0.2) is 0 Å². The predicted molar refractivity (Wildman–Crippen MR) is 47.1 cm³/mol. The minimum absolute atomic E-state index is 0.861. The zero-order chi connectivity index (χ0) is 8.39. The van der Waals surface area contributed by atoms with Crippen LogP contribution in [0.1, 0.15) is 25.1 Å². The van der Waals surface area contributed by atoms with Crippen LogP contribution >= 0.6 is 0 Å². The number of nitrogens with zero attached hydrogens (tertiary/aromatic N) is 3. The summed E-state index contributed by atoms with van der Waals surface area (Å²) in [7, 11) is 0. The quantitative estimate of drug-likeness (QED) is 0.629. The Labute approximate surface area is 72.0 Å². The highest BCUT2D eigenvalue weighted by Gasteiger charge is 2.08. The monoisotopic (exact) mass is 166 g/mol. The molecule has 0 radical (unpaired) electrons. The fourth-order valence-corrected chi connectivity index (χ4v) is 1.51. The van der Waals surface area contributed by atoms with Gasteiger partial charge in [-0.05, 0) is 26.2 Å². The van der Waals surface area contributed by atoms with Gasteiger partial charge >= 0.3 is 0 Å². The second-order valence-electron chi connectivity index (χ2n) is 3.19. The summed E-state index contributed by atoms with van der Waals surface area (Å²) in [4.78, 5) is 4.29. The molecule has 0 spiro atoms. The molecule has 66 valence electrons. The molecule has 1 aromatic heterocycles. The van der Waals surface area contributed by atoms with Gasteiger partial charge in [-0.1, -0.05) is 0 Å². The van der Waals surface area contributed by atoms with Crippen molar-refractivity contribution in [1.29, 1.82) is 0 Å². The van der Waals surface area contributed by atoms with Crippen LogP contribution in [0.4, 0.5) is 5.95 Å². The van der Waals surface area contributed by atoms with Gasteiger partial charge in [0, 0.05) is 13.1 Å². The van der Waals surface area contributed by atoms with Gasteiger partial charge in [0.05, 0.1) is 0 Å². The van der Waals surface area contributed by atoms with E-state index in [4.69, 9.17) is 0 Å². The summed E-state index contributed by atoms with van der Waals surface area (Å²) < 4.78 is 1.97. The van der Waals surface area contributed by atoms with E-state index in [1.807, 2.05) is 11.6 Å². The molecule has 4 heteroatoms.